The van der Waals surface area contributed by atoms with Crippen molar-refractivity contribution in [1.82, 2.24) is 0 Å². The number of carboxylic acids is 1. The monoisotopic (exact) mass is 302 g/mol. The summed E-state index contributed by atoms with van der Waals surface area (Å²) in [7, 11) is 3.87. The van der Waals surface area contributed by atoms with Crippen LogP contribution in [0.4, 0.5) is 11.4 Å². The molecule has 1 fully saturated rings. The minimum atomic E-state index is -1.00. The molecule has 0 saturated carbocycles. The van der Waals surface area contributed by atoms with Gasteiger partial charge in [0, 0.05) is 25.5 Å². The van der Waals surface area contributed by atoms with Crippen molar-refractivity contribution in [1.29, 1.82) is 0 Å². The van der Waals surface area contributed by atoms with Gasteiger partial charge < -0.3 is 20.1 Å². The second-order valence-corrected chi connectivity index (χ2v) is 5.77. The molecule has 2 N–H and O–H groups in total. The molecular formula is C16H18N2O4. The van der Waals surface area contributed by atoms with Crippen LogP contribution in [-0.4, -0.2) is 43.3 Å². The normalized spacial score (nSPS) is 28.6. The third kappa shape index (κ3) is 2.46. The van der Waals surface area contributed by atoms with Crippen molar-refractivity contribution in [3.8, 4) is 0 Å². The molecule has 0 unspecified atom stereocenters. The first-order valence-corrected chi connectivity index (χ1v) is 7.12. The Morgan fingerprint density at radius 2 is 1.68 bits per heavy atom. The Kier molecular flexibility index (Phi) is 3.62. The third-order valence-corrected chi connectivity index (χ3v) is 4.14. The minimum Gasteiger partial charge on any atom is -0.481 e. The van der Waals surface area contributed by atoms with Gasteiger partial charge in [-0.05, 0) is 24.3 Å². The Morgan fingerprint density at radius 3 is 2.23 bits per heavy atom. The van der Waals surface area contributed by atoms with Crippen molar-refractivity contribution in [3.63, 3.8) is 0 Å². The van der Waals surface area contributed by atoms with E-state index in [4.69, 9.17) is 4.74 Å². The van der Waals surface area contributed by atoms with Crippen LogP contribution >= 0.6 is 0 Å². The smallest absolute Gasteiger partial charge is 0.310 e. The van der Waals surface area contributed by atoms with E-state index in [1.54, 1.807) is 24.3 Å². The Hall–Kier alpha value is -2.34. The molecule has 1 saturated heterocycles. The van der Waals surface area contributed by atoms with Crippen LogP contribution in [-0.2, 0) is 14.3 Å². The number of hydrogen-bond acceptors (Lipinski definition) is 4. The summed E-state index contributed by atoms with van der Waals surface area (Å²) in [6.45, 7) is 0. The van der Waals surface area contributed by atoms with Gasteiger partial charge in [0.1, 0.15) is 5.92 Å². The summed E-state index contributed by atoms with van der Waals surface area (Å²) >= 11 is 0. The van der Waals surface area contributed by atoms with E-state index in [1.807, 2.05) is 31.1 Å². The summed E-state index contributed by atoms with van der Waals surface area (Å²) in [5, 5.41) is 12.1. The Bertz CT molecular complexity index is 624. The first-order chi connectivity index (χ1) is 10.5. The van der Waals surface area contributed by atoms with Crippen molar-refractivity contribution in [3.05, 3.63) is 36.4 Å². The molecule has 6 heteroatoms. The highest BCUT2D eigenvalue weighted by Crippen LogP contribution is 2.39. The predicted molar refractivity (Wildman–Crippen MR) is 81.8 cm³/mol. The number of carbonyl (C=O) groups is 2. The lowest BCUT2D eigenvalue weighted by Gasteiger charge is -2.21. The number of aliphatic carboxylic acids is 1. The second-order valence-electron chi connectivity index (χ2n) is 5.77. The number of nitrogens with one attached hydrogen (secondary N) is 1. The Morgan fingerprint density at radius 1 is 1.09 bits per heavy atom. The van der Waals surface area contributed by atoms with Crippen molar-refractivity contribution in [2.45, 2.75) is 12.2 Å². The molecular weight excluding hydrogens is 284 g/mol. The molecule has 2 heterocycles. The van der Waals surface area contributed by atoms with E-state index in [0.717, 1.165) is 5.69 Å². The van der Waals surface area contributed by atoms with Gasteiger partial charge in [-0.2, -0.15) is 0 Å². The lowest BCUT2D eigenvalue weighted by atomic mass is 9.82. The van der Waals surface area contributed by atoms with E-state index in [2.05, 4.69) is 5.32 Å². The fourth-order valence-electron chi connectivity index (χ4n) is 2.98. The predicted octanol–water partition coefficient (Wildman–Crippen LogP) is 1.35. The molecule has 22 heavy (non-hydrogen) atoms. The van der Waals surface area contributed by atoms with Gasteiger partial charge in [-0.1, -0.05) is 12.2 Å². The van der Waals surface area contributed by atoms with Crippen LogP contribution in [0.15, 0.2) is 36.4 Å². The van der Waals surface area contributed by atoms with Gasteiger partial charge in [0.15, 0.2) is 0 Å². The van der Waals surface area contributed by atoms with Gasteiger partial charge in [-0.25, -0.2) is 0 Å². The van der Waals surface area contributed by atoms with Gasteiger partial charge in [-0.3, -0.25) is 9.59 Å². The SMILES string of the molecule is CN(C)c1ccc(NC(=O)[C@H]2[C@H](C(=O)O)[C@H]3C=C[C@H]2O3)cc1. The number of nitrogens with zero attached hydrogens (tertiary/aromatic N) is 1. The van der Waals surface area contributed by atoms with Gasteiger partial charge >= 0.3 is 5.97 Å². The zero-order chi connectivity index (χ0) is 15.9. The molecule has 3 rings (SSSR count). The molecule has 1 amide bonds. The second kappa shape index (κ2) is 5.46. The van der Waals surface area contributed by atoms with Crippen molar-refractivity contribution >= 4 is 23.3 Å². The number of carboxylic acid groups (broad SMARTS) is 1. The molecule has 2 bridgehead atoms. The number of hydrogen-bond donors (Lipinski definition) is 2. The summed E-state index contributed by atoms with van der Waals surface area (Å²) in [6, 6.07) is 7.38. The topological polar surface area (TPSA) is 78.9 Å². The van der Waals surface area contributed by atoms with Crippen LogP contribution < -0.4 is 10.2 Å². The highest BCUT2D eigenvalue weighted by Gasteiger charge is 2.53. The lowest BCUT2D eigenvalue weighted by Crippen LogP contribution is -2.39. The average molecular weight is 302 g/mol. The number of rotatable bonds is 4. The Balaban J connectivity index is 1.74. The van der Waals surface area contributed by atoms with Crippen molar-refractivity contribution in [2.75, 3.05) is 24.3 Å². The van der Waals surface area contributed by atoms with Crippen LogP contribution in [0, 0.1) is 11.8 Å². The van der Waals surface area contributed by atoms with E-state index >= 15 is 0 Å². The highest BCUT2D eigenvalue weighted by atomic mass is 16.5. The van der Waals surface area contributed by atoms with Crippen LogP contribution in [0.25, 0.3) is 0 Å². The summed E-state index contributed by atoms with van der Waals surface area (Å²) < 4.78 is 5.51. The third-order valence-electron chi connectivity index (χ3n) is 4.14. The molecule has 0 aromatic heterocycles. The summed E-state index contributed by atoms with van der Waals surface area (Å²) in [4.78, 5) is 25.8. The fraction of sp³-hybridized carbons (Fsp3) is 0.375. The zero-order valence-corrected chi connectivity index (χ0v) is 12.4. The van der Waals surface area contributed by atoms with Crippen LogP contribution in [0.3, 0.4) is 0 Å². The lowest BCUT2D eigenvalue weighted by molar-refractivity contribution is -0.145. The molecule has 4 atom stereocenters. The number of carbonyl (C=O) groups excluding carboxylic acids is 1. The van der Waals surface area contributed by atoms with Gasteiger partial charge in [0.25, 0.3) is 0 Å². The molecule has 0 radical (unpaired) electrons. The number of anilines is 2. The molecule has 116 valence electrons. The zero-order valence-electron chi connectivity index (χ0n) is 12.4. The molecule has 6 nitrogen and oxygen atoms in total. The summed E-state index contributed by atoms with van der Waals surface area (Å²) in [5.41, 5.74) is 1.67. The fourth-order valence-corrected chi connectivity index (χ4v) is 2.98. The van der Waals surface area contributed by atoms with Gasteiger partial charge in [0.05, 0.1) is 18.1 Å². The number of benzene rings is 1. The van der Waals surface area contributed by atoms with E-state index in [1.165, 1.54) is 0 Å². The maximum atomic E-state index is 12.4. The Labute approximate surface area is 128 Å². The van der Waals surface area contributed by atoms with Gasteiger partial charge in [0.2, 0.25) is 5.91 Å². The average Bonchev–Trinajstić information content (AvgIpc) is 3.08. The molecule has 2 aliphatic rings. The molecule has 0 spiro atoms. The van der Waals surface area contributed by atoms with Crippen LogP contribution in [0.5, 0.6) is 0 Å². The van der Waals surface area contributed by atoms with Crippen molar-refractivity contribution < 1.29 is 19.4 Å². The quantitative estimate of drug-likeness (QED) is 0.821. The number of fused-ring (bicyclic) bond motifs is 2. The van der Waals surface area contributed by atoms with E-state index in [-0.39, 0.29) is 5.91 Å². The molecule has 2 aliphatic heterocycles. The first kappa shape index (κ1) is 14.6. The maximum absolute atomic E-state index is 12.4. The van der Waals surface area contributed by atoms with E-state index in [9.17, 15) is 14.7 Å². The number of ether oxygens (including phenoxy) is 1. The molecule has 0 aliphatic carbocycles. The minimum absolute atomic E-state index is 0.318. The van der Waals surface area contributed by atoms with Crippen molar-refractivity contribution in [2.24, 2.45) is 11.8 Å². The van der Waals surface area contributed by atoms with Gasteiger partial charge in [-0.15, -0.1) is 0 Å². The maximum Gasteiger partial charge on any atom is 0.310 e. The standard InChI is InChI=1S/C16H18N2O4/c1-18(2)10-5-3-9(4-6-10)17-15(19)13-11-7-8-12(22-11)14(13)16(20)21/h3-8,11-14H,1-2H3,(H,17,19)(H,20,21)/t11-,12-,13-,14-/m1/s1. The summed E-state index contributed by atoms with van der Waals surface area (Å²) in [6.07, 6.45) is 2.53. The van der Waals surface area contributed by atoms with E-state index in [0.29, 0.717) is 5.69 Å². The van der Waals surface area contributed by atoms with Crippen LogP contribution in [0.1, 0.15) is 0 Å². The van der Waals surface area contributed by atoms with Crippen LogP contribution in [0.2, 0.25) is 0 Å². The highest BCUT2D eigenvalue weighted by molar-refractivity contribution is 5.96. The summed E-state index contributed by atoms with van der Waals surface area (Å²) in [5.74, 6) is -2.83. The largest absolute Gasteiger partial charge is 0.481 e. The number of amides is 1. The molecule has 1 aromatic rings. The van der Waals surface area contributed by atoms with E-state index < -0.39 is 30.0 Å². The first-order valence-electron chi connectivity index (χ1n) is 7.12. The molecule has 1 aromatic carbocycles.